The highest BCUT2D eigenvalue weighted by atomic mass is 35.5. The molecule has 0 aliphatic rings. The molecule has 0 fully saturated rings. The van der Waals surface area contributed by atoms with Gasteiger partial charge in [0.2, 0.25) is 5.91 Å². The first-order valence-corrected chi connectivity index (χ1v) is 5.33. The molecule has 0 saturated heterocycles. The molecular formula is C12H18ClFN2O. The Balaban J connectivity index is 0.00000256. The van der Waals surface area contributed by atoms with Gasteiger partial charge in [-0.2, -0.15) is 0 Å². The average molecular weight is 261 g/mol. The Bertz CT molecular complexity index is 360. The van der Waals surface area contributed by atoms with Gasteiger partial charge < -0.3 is 11.1 Å². The van der Waals surface area contributed by atoms with Crippen LogP contribution < -0.4 is 11.1 Å². The van der Waals surface area contributed by atoms with Crippen LogP contribution in [-0.2, 0) is 11.2 Å². The molecule has 1 atom stereocenters. The number of hydrogen-bond acceptors (Lipinski definition) is 2. The fourth-order valence-corrected chi connectivity index (χ4v) is 1.25. The molecule has 0 heterocycles. The van der Waals surface area contributed by atoms with Crippen molar-refractivity contribution < 1.29 is 9.18 Å². The predicted molar refractivity (Wildman–Crippen MR) is 68.6 cm³/mol. The number of carbonyl (C=O) groups is 1. The van der Waals surface area contributed by atoms with Crippen molar-refractivity contribution in [3.05, 3.63) is 35.6 Å². The first-order valence-electron chi connectivity index (χ1n) is 5.33. The van der Waals surface area contributed by atoms with E-state index in [1.165, 1.54) is 6.07 Å². The van der Waals surface area contributed by atoms with Crippen LogP contribution in [0.5, 0.6) is 0 Å². The van der Waals surface area contributed by atoms with E-state index < -0.39 is 0 Å². The van der Waals surface area contributed by atoms with E-state index >= 15 is 0 Å². The number of nitrogens with two attached hydrogens (primary N) is 1. The molecule has 0 saturated carbocycles. The maximum Gasteiger partial charge on any atom is 0.224 e. The van der Waals surface area contributed by atoms with Gasteiger partial charge in [-0.25, -0.2) is 4.39 Å². The third-order valence-electron chi connectivity index (χ3n) is 2.36. The van der Waals surface area contributed by atoms with E-state index in [0.29, 0.717) is 18.7 Å². The number of halogens is 2. The zero-order chi connectivity index (χ0) is 12.0. The molecule has 5 heteroatoms. The van der Waals surface area contributed by atoms with E-state index in [-0.39, 0.29) is 36.5 Å². The van der Waals surface area contributed by atoms with Gasteiger partial charge in [0.1, 0.15) is 5.82 Å². The Labute approximate surface area is 107 Å². The van der Waals surface area contributed by atoms with E-state index in [4.69, 9.17) is 5.73 Å². The number of amides is 1. The third kappa shape index (κ3) is 5.65. The first kappa shape index (κ1) is 15.9. The van der Waals surface area contributed by atoms with Gasteiger partial charge in [-0.3, -0.25) is 4.79 Å². The summed E-state index contributed by atoms with van der Waals surface area (Å²) in [7, 11) is 0. The quantitative estimate of drug-likeness (QED) is 0.843. The molecule has 3 N–H and O–H groups in total. The van der Waals surface area contributed by atoms with Crippen molar-refractivity contribution in [3.8, 4) is 0 Å². The lowest BCUT2D eigenvalue weighted by molar-refractivity contribution is -0.120. The number of hydrogen-bond donors (Lipinski definition) is 2. The van der Waals surface area contributed by atoms with E-state index in [1.54, 1.807) is 18.2 Å². The molecule has 0 aromatic heterocycles. The van der Waals surface area contributed by atoms with Crippen LogP contribution in [-0.4, -0.2) is 19.0 Å². The lowest BCUT2D eigenvalue weighted by atomic mass is 10.1. The summed E-state index contributed by atoms with van der Waals surface area (Å²) in [5.41, 5.74) is 5.84. The fourth-order valence-electron chi connectivity index (χ4n) is 1.25. The Hall–Kier alpha value is -1.13. The summed E-state index contributed by atoms with van der Waals surface area (Å²) in [5.74, 6) is -0.278. The molecule has 1 amide bonds. The van der Waals surface area contributed by atoms with Crippen LogP contribution in [0.1, 0.15) is 12.5 Å². The Morgan fingerprint density at radius 2 is 2.12 bits per heavy atom. The predicted octanol–water partition coefficient (Wildman–Crippen LogP) is 1.50. The number of carbonyl (C=O) groups excluding carboxylic acids is 1. The van der Waals surface area contributed by atoms with Crippen molar-refractivity contribution >= 4 is 18.3 Å². The standard InChI is InChI=1S/C12H17FN2O.ClH/c1-9(7-14)8-15-12(16)6-10-4-2-3-5-11(10)13;/h2-5,9H,6-8,14H2,1H3,(H,15,16);1H. The number of nitrogens with one attached hydrogen (secondary N) is 1. The second-order valence-corrected chi connectivity index (χ2v) is 3.91. The highest BCUT2D eigenvalue weighted by Gasteiger charge is 2.08. The molecule has 0 bridgehead atoms. The van der Waals surface area contributed by atoms with Crippen LogP contribution >= 0.6 is 12.4 Å². The Morgan fingerprint density at radius 3 is 2.71 bits per heavy atom. The number of benzene rings is 1. The van der Waals surface area contributed by atoms with Gasteiger partial charge in [0.05, 0.1) is 6.42 Å². The van der Waals surface area contributed by atoms with Crippen molar-refractivity contribution in [2.75, 3.05) is 13.1 Å². The average Bonchev–Trinajstić information content (AvgIpc) is 2.29. The zero-order valence-corrected chi connectivity index (χ0v) is 10.6. The molecule has 3 nitrogen and oxygen atoms in total. The van der Waals surface area contributed by atoms with E-state index in [0.717, 1.165) is 0 Å². The summed E-state index contributed by atoms with van der Waals surface area (Å²) in [4.78, 5) is 11.5. The van der Waals surface area contributed by atoms with Crippen molar-refractivity contribution in [2.24, 2.45) is 11.7 Å². The van der Waals surface area contributed by atoms with Gasteiger partial charge >= 0.3 is 0 Å². The van der Waals surface area contributed by atoms with Gasteiger partial charge in [-0.15, -0.1) is 12.4 Å². The molecule has 0 radical (unpaired) electrons. The maximum atomic E-state index is 13.2. The molecule has 1 aromatic carbocycles. The van der Waals surface area contributed by atoms with Gasteiger partial charge in [0, 0.05) is 6.54 Å². The molecule has 1 unspecified atom stereocenters. The Kier molecular flexibility index (Phi) is 7.50. The molecular weight excluding hydrogens is 243 g/mol. The second kappa shape index (κ2) is 8.03. The van der Waals surface area contributed by atoms with Crippen LogP contribution in [0, 0.1) is 11.7 Å². The van der Waals surface area contributed by atoms with E-state index in [1.807, 2.05) is 6.92 Å². The van der Waals surface area contributed by atoms with Crippen molar-refractivity contribution in [1.82, 2.24) is 5.32 Å². The maximum absolute atomic E-state index is 13.2. The largest absolute Gasteiger partial charge is 0.355 e. The lowest BCUT2D eigenvalue weighted by Gasteiger charge is -2.10. The third-order valence-corrected chi connectivity index (χ3v) is 2.36. The first-order chi connectivity index (χ1) is 7.63. The molecule has 17 heavy (non-hydrogen) atoms. The minimum atomic E-state index is -0.343. The van der Waals surface area contributed by atoms with Crippen molar-refractivity contribution in [1.29, 1.82) is 0 Å². The van der Waals surface area contributed by atoms with Crippen molar-refractivity contribution in [2.45, 2.75) is 13.3 Å². The topological polar surface area (TPSA) is 55.1 Å². The monoisotopic (exact) mass is 260 g/mol. The molecule has 0 aliphatic carbocycles. The normalized spacial score (nSPS) is 11.5. The highest BCUT2D eigenvalue weighted by Crippen LogP contribution is 2.06. The number of rotatable bonds is 5. The molecule has 0 aliphatic heterocycles. The SMILES string of the molecule is CC(CN)CNC(=O)Cc1ccccc1F.Cl. The molecule has 0 spiro atoms. The van der Waals surface area contributed by atoms with Crippen LogP contribution in [0.3, 0.4) is 0 Å². The van der Waals surface area contributed by atoms with Crippen LogP contribution in [0.4, 0.5) is 4.39 Å². The molecule has 1 rings (SSSR count). The van der Waals surface area contributed by atoms with E-state index in [2.05, 4.69) is 5.32 Å². The minimum absolute atomic E-state index is 0. The highest BCUT2D eigenvalue weighted by molar-refractivity contribution is 5.85. The van der Waals surface area contributed by atoms with Crippen LogP contribution in [0.25, 0.3) is 0 Å². The fraction of sp³-hybridized carbons (Fsp3) is 0.417. The minimum Gasteiger partial charge on any atom is -0.355 e. The smallest absolute Gasteiger partial charge is 0.224 e. The van der Waals surface area contributed by atoms with Crippen LogP contribution in [0.2, 0.25) is 0 Å². The van der Waals surface area contributed by atoms with Crippen LogP contribution in [0.15, 0.2) is 24.3 Å². The summed E-state index contributed by atoms with van der Waals surface area (Å²) >= 11 is 0. The van der Waals surface area contributed by atoms with Gasteiger partial charge in [0.15, 0.2) is 0 Å². The van der Waals surface area contributed by atoms with E-state index in [9.17, 15) is 9.18 Å². The lowest BCUT2D eigenvalue weighted by Crippen LogP contribution is -2.32. The summed E-state index contributed by atoms with van der Waals surface area (Å²) < 4.78 is 13.2. The van der Waals surface area contributed by atoms with Gasteiger partial charge in [0.25, 0.3) is 0 Å². The molecule has 96 valence electrons. The van der Waals surface area contributed by atoms with Gasteiger partial charge in [-0.05, 0) is 24.1 Å². The molecule has 1 aromatic rings. The summed E-state index contributed by atoms with van der Waals surface area (Å²) in [6, 6.07) is 6.29. The summed E-state index contributed by atoms with van der Waals surface area (Å²) in [5, 5.41) is 2.72. The van der Waals surface area contributed by atoms with Crippen molar-refractivity contribution in [3.63, 3.8) is 0 Å². The summed E-state index contributed by atoms with van der Waals surface area (Å²) in [6.07, 6.45) is 0.0734. The zero-order valence-electron chi connectivity index (χ0n) is 9.78. The summed E-state index contributed by atoms with van der Waals surface area (Å²) in [6.45, 7) is 3.01. The second-order valence-electron chi connectivity index (χ2n) is 3.91. The Morgan fingerprint density at radius 1 is 1.47 bits per heavy atom. The van der Waals surface area contributed by atoms with Gasteiger partial charge in [-0.1, -0.05) is 25.1 Å².